The minimum absolute atomic E-state index is 0.0119. The number of morpholine rings is 1. The Kier molecular flexibility index (Phi) is 5.73. The molecular formula is C32H26F2N6O2. The molecule has 210 valence electrons. The van der Waals surface area contributed by atoms with Gasteiger partial charge in [-0.1, -0.05) is 24.3 Å². The highest BCUT2D eigenvalue weighted by atomic mass is 19.3. The second-order valence-electron chi connectivity index (χ2n) is 10.7. The maximum atomic E-state index is 14.0. The van der Waals surface area contributed by atoms with Gasteiger partial charge in [0.25, 0.3) is 0 Å². The van der Waals surface area contributed by atoms with Gasteiger partial charge in [-0.05, 0) is 70.8 Å². The van der Waals surface area contributed by atoms with Crippen molar-refractivity contribution in [1.82, 2.24) is 25.3 Å². The van der Waals surface area contributed by atoms with E-state index in [-0.39, 0.29) is 6.61 Å². The predicted molar refractivity (Wildman–Crippen MR) is 157 cm³/mol. The molecule has 2 N–H and O–H groups in total. The van der Waals surface area contributed by atoms with Gasteiger partial charge in [0.2, 0.25) is 0 Å². The topological polar surface area (TPSA) is 82.3 Å². The van der Waals surface area contributed by atoms with Crippen molar-refractivity contribution in [1.29, 1.82) is 0 Å². The van der Waals surface area contributed by atoms with Gasteiger partial charge in [0.1, 0.15) is 0 Å². The van der Waals surface area contributed by atoms with Gasteiger partial charge in [-0.15, -0.1) is 0 Å². The number of halogens is 2. The molecule has 0 bridgehead atoms. The molecule has 2 aromatic heterocycles. The van der Waals surface area contributed by atoms with E-state index < -0.39 is 12.7 Å². The zero-order chi connectivity index (χ0) is 28.3. The summed E-state index contributed by atoms with van der Waals surface area (Å²) in [6.07, 6.45) is 0.488. The molecule has 4 aromatic carbocycles. The van der Waals surface area contributed by atoms with Crippen molar-refractivity contribution in [3.8, 4) is 33.8 Å². The van der Waals surface area contributed by atoms with E-state index in [9.17, 15) is 8.78 Å². The van der Waals surface area contributed by atoms with E-state index in [1.165, 1.54) is 0 Å². The van der Waals surface area contributed by atoms with Crippen molar-refractivity contribution < 1.29 is 18.3 Å². The molecule has 1 fully saturated rings. The normalized spacial score (nSPS) is 16.4. The largest absolute Gasteiger partial charge is 0.453 e. The first-order valence-electron chi connectivity index (χ1n) is 13.8. The number of anilines is 2. The Labute approximate surface area is 239 Å². The Morgan fingerprint density at radius 3 is 1.83 bits per heavy atom. The van der Waals surface area contributed by atoms with Crippen molar-refractivity contribution in [3.05, 3.63) is 85.2 Å². The molecule has 10 heteroatoms. The van der Waals surface area contributed by atoms with Gasteiger partial charge in [-0.25, -0.2) is 0 Å². The number of ether oxygens (including phenoxy) is 2. The summed E-state index contributed by atoms with van der Waals surface area (Å²) in [6, 6.07) is 24.6. The highest BCUT2D eigenvalue weighted by Crippen LogP contribution is 2.49. The van der Waals surface area contributed by atoms with Crippen LogP contribution in [-0.4, -0.2) is 64.2 Å². The first-order valence-corrected chi connectivity index (χ1v) is 13.8. The minimum atomic E-state index is -3.13. The summed E-state index contributed by atoms with van der Waals surface area (Å²) in [5.41, 5.74) is 7.84. The number of benzene rings is 4. The Morgan fingerprint density at radius 1 is 0.714 bits per heavy atom. The third-order valence-corrected chi connectivity index (χ3v) is 8.04. The van der Waals surface area contributed by atoms with Gasteiger partial charge in [-0.2, -0.15) is 19.0 Å². The molecule has 0 unspecified atom stereocenters. The van der Waals surface area contributed by atoms with E-state index in [1.54, 1.807) is 4.90 Å². The quantitative estimate of drug-likeness (QED) is 0.236. The molecule has 0 aliphatic carbocycles. The average molecular weight is 565 g/mol. The summed E-state index contributed by atoms with van der Waals surface area (Å²) >= 11 is 0. The molecule has 2 aliphatic rings. The molecule has 0 atom stereocenters. The van der Waals surface area contributed by atoms with Crippen LogP contribution in [0.1, 0.15) is 0 Å². The molecule has 2 aliphatic heterocycles. The van der Waals surface area contributed by atoms with Crippen molar-refractivity contribution in [2.75, 3.05) is 37.7 Å². The first-order chi connectivity index (χ1) is 20.5. The fourth-order valence-corrected chi connectivity index (χ4v) is 5.87. The summed E-state index contributed by atoms with van der Waals surface area (Å²) in [4.78, 5) is 3.91. The molecule has 4 heterocycles. The molecule has 6 aromatic rings. The lowest BCUT2D eigenvalue weighted by Crippen LogP contribution is -2.48. The van der Waals surface area contributed by atoms with Gasteiger partial charge in [-0.3, -0.25) is 15.1 Å². The zero-order valence-electron chi connectivity index (χ0n) is 22.5. The Bertz CT molecular complexity index is 1830. The van der Waals surface area contributed by atoms with E-state index in [2.05, 4.69) is 66.4 Å². The summed E-state index contributed by atoms with van der Waals surface area (Å²) < 4.78 is 39.1. The molecule has 42 heavy (non-hydrogen) atoms. The third-order valence-electron chi connectivity index (χ3n) is 8.04. The van der Waals surface area contributed by atoms with E-state index in [4.69, 9.17) is 4.74 Å². The lowest BCUT2D eigenvalue weighted by molar-refractivity contribution is -0.269. The molecule has 0 spiro atoms. The van der Waals surface area contributed by atoms with E-state index in [0.29, 0.717) is 31.1 Å². The summed E-state index contributed by atoms with van der Waals surface area (Å²) in [7, 11) is 0. The zero-order valence-corrected chi connectivity index (χ0v) is 22.5. The highest BCUT2D eigenvalue weighted by Gasteiger charge is 2.37. The summed E-state index contributed by atoms with van der Waals surface area (Å²) in [5.74, 6) is 1.42. The molecule has 8 rings (SSSR count). The van der Waals surface area contributed by atoms with Crippen LogP contribution in [0.5, 0.6) is 11.5 Å². The summed E-state index contributed by atoms with van der Waals surface area (Å²) in [5, 5.41) is 16.3. The number of H-pyrrole nitrogens is 2. The van der Waals surface area contributed by atoms with Crippen LogP contribution in [0.15, 0.2) is 85.2 Å². The monoisotopic (exact) mass is 564 g/mol. The number of hydrogen-bond donors (Lipinski definition) is 2. The Morgan fingerprint density at radius 2 is 1.26 bits per heavy atom. The van der Waals surface area contributed by atoms with Gasteiger partial charge in [0, 0.05) is 30.4 Å². The van der Waals surface area contributed by atoms with Crippen LogP contribution in [0.25, 0.3) is 44.1 Å². The lowest BCUT2D eigenvalue weighted by Gasteiger charge is -2.37. The number of aromatic amines is 2. The predicted octanol–water partition coefficient (Wildman–Crippen LogP) is 6.94. The number of rotatable bonds is 5. The molecular weight excluding hydrogens is 538 g/mol. The SMILES string of the molecule is FC1(F)CN(CCN2c3ccc(-c4ccc5[nH]ncc5c4)cc3Oc3cc(-c4ccc5[nH]ncc5c4)ccc32)CCO1. The number of hydrogen-bond acceptors (Lipinski definition) is 6. The van der Waals surface area contributed by atoms with Crippen molar-refractivity contribution in [2.24, 2.45) is 0 Å². The molecule has 0 radical (unpaired) electrons. The second-order valence-corrected chi connectivity index (χ2v) is 10.7. The third kappa shape index (κ3) is 4.45. The van der Waals surface area contributed by atoms with E-state index in [1.807, 2.05) is 48.8 Å². The fourth-order valence-electron chi connectivity index (χ4n) is 5.87. The van der Waals surface area contributed by atoms with Crippen LogP contribution in [0, 0.1) is 0 Å². The second kappa shape index (κ2) is 9.64. The molecule has 0 saturated carbocycles. The minimum Gasteiger partial charge on any atom is -0.453 e. The first kappa shape index (κ1) is 25.0. The van der Waals surface area contributed by atoms with Crippen LogP contribution in [0.3, 0.4) is 0 Å². The molecule has 0 amide bonds. The Hall–Kier alpha value is -4.80. The molecule has 1 saturated heterocycles. The highest BCUT2D eigenvalue weighted by molar-refractivity contribution is 5.88. The molecule has 8 nitrogen and oxygen atoms in total. The summed E-state index contributed by atoms with van der Waals surface area (Å²) in [6.45, 7) is 1.03. The number of fused-ring (bicyclic) bond motifs is 4. The maximum absolute atomic E-state index is 14.0. The number of nitrogens with zero attached hydrogens (tertiary/aromatic N) is 4. The fraction of sp³-hybridized carbons (Fsp3) is 0.188. The van der Waals surface area contributed by atoms with Crippen LogP contribution >= 0.6 is 0 Å². The van der Waals surface area contributed by atoms with Crippen LogP contribution < -0.4 is 9.64 Å². The van der Waals surface area contributed by atoms with Gasteiger partial charge < -0.3 is 14.4 Å². The van der Waals surface area contributed by atoms with Gasteiger partial charge in [0.15, 0.2) is 11.5 Å². The van der Waals surface area contributed by atoms with Gasteiger partial charge >= 0.3 is 6.11 Å². The Balaban J connectivity index is 1.17. The van der Waals surface area contributed by atoms with Crippen LogP contribution in [0.4, 0.5) is 20.2 Å². The maximum Gasteiger partial charge on any atom is 0.368 e. The van der Waals surface area contributed by atoms with Crippen LogP contribution in [0.2, 0.25) is 0 Å². The number of alkyl halides is 2. The number of nitrogens with one attached hydrogen (secondary N) is 2. The van der Waals surface area contributed by atoms with E-state index >= 15 is 0 Å². The average Bonchev–Trinajstić information content (AvgIpc) is 3.67. The smallest absolute Gasteiger partial charge is 0.368 e. The van der Waals surface area contributed by atoms with Crippen molar-refractivity contribution in [2.45, 2.75) is 6.11 Å². The van der Waals surface area contributed by atoms with Gasteiger partial charge in [0.05, 0.1) is 48.0 Å². The van der Waals surface area contributed by atoms with E-state index in [0.717, 1.165) is 55.4 Å². The number of aromatic nitrogens is 4. The van der Waals surface area contributed by atoms with Crippen molar-refractivity contribution in [3.63, 3.8) is 0 Å². The lowest BCUT2D eigenvalue weighted by atomic mass is 10.0. The van der Waals surface area contributed by atoms with Crippen LogP contribution in [-0.2, 0) is 4.74 Å². The van der Waals surface area contributed by atoms with Crippen molar-refractivity contribution >= 4 is 33.2 Å². The standard InChI is InChI=1S/C32H26F2N6O2/c33-32(34)19-39(11-12-41-32)9-10-40-28-7-3-22(20-1-5-26-24(13-20)17-35-37-26)15-30(28)42-31-16-23(4-8-29(31)40)21-2-6-27-25(14-21)18-36-38-27/h1-8,13-18H,9-12,19H2,(H,35,37)(H,36,38).